The van der Waals surface area contributed by atoms with E-state index >= 15 is 0 Å². The van der Waals surface area contributed by atoms with Gasteiger partial charge in [-0.15, -0.1) is 0 Å². The van der Waals surface area contributed by atoms with Crippen molar-refractivity contribution in [3.8, 4) is 6.07 Å². The molecule has 0 heterocycles. The highest BCUT2D eigenvalue weighted by atomic mass is 35.5. The highest BCUT2D eigenvalue weighted by Crippen LogP contribution is 2.21. The molecular weight excluding hydrogens is 355 g/mol. The second-order valence-corrected chi connectivity index (χ2v) is 7.34. The monoisotopic (exact) mass is 366 g/mol. The van der Waals surface area contributed by atoms with Crippen LogP contribution in [0.1, 0.15) is 12.0 Å². The van der Waals surface area contributed by atoms with Crippen molar-refractivity contribution in [3.63, 3.8) is 0 Å². The van der Waals surface area contributed by atoms with Gasteiger partial charge in [-0.2, -0.15) is 5.26 Å². The summed E-state index contributed by atoms with van der Waals surface area (Å²) in [7, 11) is -3.90. The summed E-state index contributed by atoms with van der Waals surface area (Å²) in [5.41, 5.74) is 0.601. The summed E-state index contributed by atoms with van der Waals surface area (Å²) >= 11 is 5.85. The molecule has 0 fully saturated rings. The highest BCUT2D eigenvalue weighted by Gasteiger charge is 2.20. The molecule has 24 heavy (non-hydrogen) atoms. The number of halogens is 2. The summed E-state index contributed by atoms with van der Waals surface area (Å²) < 4.78 is 37.7. The molecule has 0 aromatic heterocycles. The van der Waals surface area contributed by atoms with Crippen molar-refractivity contribution in [1.29, 1.82) is 5.26 Å². The summed E-state index contributed by atoms with van der Waals surface area (Å²) in [6, 6.07) is 11.2. The van der Waals surface area contributed by atoms with Crippen molar-refractivity contribution in [2.45, 2.75) is 11.3 Å². The van der Waals surface area contributed by atoms with E-state index in [9.17, 15) is 17.6 Å². The molecule has 0 saturated heterocycles. The largest absolute Gasteiger partial charge is 0.326 e. The fourth-order valence-corrected chi connectivity index (χ4v) is 3.49. The fourth-order valence-electron chi connectivity index (χ4n) is 1.94. The Bertz CT molecular complexity index is 923. The maximum atomic E-state index is 13.6. The second-order valence-electron chi connectivity index (χ2n) is 4.85. The predicted octanol–water partition coefficient (Wildman–Crippen LogP) is 3.15. The van der Waals surface area contributed by atoms with Crippen LogP contribution in [-0.4, -0.2) is 20.1 Å². The van der Waals surface area contributed by atoms with Crippen molar-refractivity contribution < 1.29 is 17.6 Å². The topological polar surface area (TPSA) is 87.0 Å². The van der Waals surface area contributed by atoms with Gasteiger partial charge in [-0.05, 0) is 30.3 Å². The lowest BCUT2D eigenvalue weighted by atomic mass is 10.2. The molecule has 0 bridgehead atoms. The van der Waals surface area contributed by atoms with E-state index in [4.69, 9.17) is 16.9 Å². The molecular formula is C16H12ClFN2O3S. The number of anilines is 1. The third-order valence-corrected chi connectivity index (χ3v) is 5.20. The van der Waals surface area contributed by atoms with Crippen molar-refractivity contribution in [1.82, 2.24) is 0 Å². The van der Waals surface area contributed by atoms with Crippen molar-refractivity contribution in [3.05, 3.63) is 58.9 Å². The maximum Gasteiger partial charge on any atom is 0.225 e. The molecule has 0 aliphatic rings. The Morgan fingerprint density at radius 2 is 1.96 bits per heavy atom. The van der Waals surface area contributed by atoms with Gasteiger partial charge in [0.05, 0.1) is 16.3 Å². The SMILES string of the molecule is N#Cc1ccc(NC(=O)CCS(=O)(=O)c2ccccc2F)cc1Cl. The smallest absolute Gasteiger partial charge is 0.225 e. The average Bonchev–Trinajstić information content (AvgIpc) is 2.53. The predicted molar refractivity (Wildman–Crippen MR) is 87.9 cm³/mol. The zero-order valence-electron chi connectivity index (χ0n) is 12.3. The molecule has 0 unspecified atom stereocenters. The zero-order valence-corrected chi connectivity index (χ0v) is 13.9. The lowest BCUT2D eigenvalue weighted by Crippen LogP contribution is -2.18. The van der Waals surface area contributed by atoms with E-state index in [2.05, 4.69) is 5.32 Å². The van der Waals surface area contributed by atoms with Crippen LogP contribution in [0.5, 0.6) is 0 Å². The lowest BCUT2D eigenvalue weighted by Gasteiger charge is -2.07. The van der Waals surface area contributed by atoms with E-state index in [1.807, 2.05) is 6.07 Å². The molecule has 5 nitrogen and oxygen atoms in total. The van der Waals surface area contributed by atoms with E-state index in [-0.39, 0.29) is 17.0 Å². The number of sulfone groups is 1. The van der Waals surface area contributed by atoms with E-state index < -0.39 is 32.2 Å². The number of benzene rings is 2. The number of carbonyl (C=O) groups is 1. The van der Waals surface area contributed by atoms with Crippen LogP contribution >= 0.6 is 11.6 Å². The van der Waals surface area contributed by atoms with Crippen LogP contribution in [0.25, 0.3) is 0 Å². The van der Waals surface area contributed by atoms with E-state index in [0.717, 1.165) is 12.1 Å². The number of hydrogen-bond donors (Lipinski definition) is 1. The van der Waals surface area contributed by atoms with Gasteiger partial charge in [0.15, 0.2) is 9.84 Å². The zero-order chi connectivity index (χ0) is 17.7. The summed E-state index contributed by atoms with van der Waals surface area (Å²) in [5.74, 6) is -1.93. The standard InChI is InChI=1S/C16H12ClFN2O3S/c17-13-9-12(6-5-11(13)10-19)20-16(21)7-8-24(22,23)15-4-2-1-3-14(15)18/h1-6,9H,7-8H2,(H,20,21). The summed E-state index contributed by atoms with van der Waals surface area (Å²) in [6.07, 6.45) is -0.339. The Morgan fingerprint density at radius 3 is 2.58 bits per heavy atom. The average molecular weight is 367 g/mol. The number of hydrogen-bond acceptors (Lipinski definition) is 4. The first-order chi connectivity index (χ1) is 11.3. The number of amides is 1. The van der Waals surface area contributed by atoms with Gasteiger partial charge in [0.2, 0.25) is 5.91 Å². The van der Waals surface area contributed by atoms with Crippen molar-refractivity contribution >= 4 is 33.0 Å². The molecule has 1 amide bonds. The molecule has 2 aromatic rings. The lowest BCUT2D eigenvalue weighted by molar-refractivity contribution is -0.115. The Hall–Kier alpha value is -2.43. The molecule has 0 atom stereocenters. The Kier molecular flexibility index (Phi) is 5.54. The van der Waals surface area contributed by atoms with Gasteiger partial charge in [-0.25, -0.2) is 12.8 Å². The van der Waals surface area contributed by atoms with Gasteiger partial charge in [0.1, 0.15) is 16.8 Å². The molecule has 0 spiro atoms. The van der Waals surface area contributed by atoms with Crippen LogP contribution in [0.3, 0.4) is 0 Å². The van der Waals surface area contributed by atoms with Crippen LogP contribution in [-0.2, 0) is 14.6 Å². The number of nitriles is 1. The van der Waals surface area contributed by atoms with E-state index in [1.165, 1.54) is 30.3 Å². The van der Waals surface area contributed by atoms with Crippen molar-refractivity contribution in [2.75, 3.05) is 11.1 Å². The molecule has 2 aromatic carbocycles. The van der Waals surface area contributed by atoms with Crippen LogP contribution < -0.4 is 5.32 Å². The molecule has 0 aliphatic heterocycles. The molecule has 0 radical (unpaired) electrons. The number of nitrogens with one attached hydrogen (secondary N) is 1. The Labute approximate surface area is 143 Å². The molecule has 0 saturated carbocycles. The Balaban J connectivity index is 2.02. The van der Waals surface area contributed by atoms with Crippen LogP contribution in [0.4, 0.5) is 10.1 Å². The molecule has 8 heteroatoms. The van der Waals surface area contributed by atoms with Crippen LogP contribution in [0.2, 0.25) is 5.02 Å². The van der Waals surface area contributed by atoms with Gasteiger partial charge in [0, 0.05) is 12.1 Å². The van der Waals surface area contributed by atoms with E-state index in [0.29, 0.717) is 5.69 Å². The number of rotatable bonds is 5. The minimum absolute atomic E-state index is 0.175. The maximum absolute atomic E-state index is 13.6. The summed E-state index contributed by atoms with van der Waals surface area (Å²) in [5, 5.41) is 11.4. The van der Waals surface area contributed by atoms with Crippen LogP contribution in [0, 0.1) is 17.1 Å². The fraction of sp³-hybridized carbons (Fsp3) is 0.125. The van der Waals surface area contributed by atoms with Crippen LogP contribution in [0.15, 0.2) is 47.4 Å². The highest BCUT2D eigenvalue weighted by molar-refractivity contribution is 7.91. The van der Waals surface area contributed by atoms with Gasteiger partial charge < -0.3 is 5.32 Å². The number of carbonyl (C=O) groups excluding carboxylic acids is 1. The first-order valence-electron chi connectivity index (χ1n) is 6.80. The first kappa shape index (κ1) is 17.9. The molecule has 0 aliphatic carbocycles. The first-order valence-corrected chi connectivity index (χ1v) is 8.83. The number of nitrogens with zero attached hydrogens (tertiary/aromatic N) is 1. The van der Waals surface area contributed by atoms with Gasteiger partial charge in [0.25, 0.3) is 0 Å². The molecule has 2 rings (SSSR count). The summed E-state index contributed by atoms with van der Waals surface area (Å²) in [4.78, 5) is 11.4. The quantitative estimate of drug-likeness (QED) is 0.880. The minimum Gasteiger partial charge on any atom is -0.326 e. The molecule has 124 valence electrons. The second kappa shape index (κ2) is 7.43. The minimum atomic E-state index is -3.90. The third kappa shape index (κ3) is 4.31. The van der Waals surface area contributed by atoms with Gasteiger partial charge >= 0.3 is 0 Å². The van der Waals surface area contributed by atoms with Gasteiger partial charge in [-0.3, -0.25) is 4.79 Å². The van der Waals surface area contributed by atoms with Gasteiger partial charge in [-0.1, -0.05) is 23.7 Å². The molecule has 1 N–H and O–H groups in total. The van der Waals surface area contributed by atoms with Crippen molar-refractivity contribution in [2.24, 2.45) is 0 Å². The summed E-state index contributed by atoms with van der Waals surface area (Å²) in [6.45, 7) is 0. The third-order valence-electron chi connectivity index (χ3n) is 3.14. The Morgan fingerprint density at radius 1 is 1.25 bits per heavy atom. The normalized spacial score (nSPS) is 10.9. The van der Waals surface area contributed by atoms with E-state index in [1.54, 1.807) is 0 Å².